The maximum atomic E-state index is 14.5. The molecule has 5 heteroatoms. The average Bonchev–Trinajstić information content (AvgIpc) is 2.59. The van der Waals surface area contributed by atoms with Crippen LogP contribution in [0.1, 0.15) is 46.6 Å². The molecule has 0 heterocycles. The van der Waals surface area contributed by atoms with Gasteiger partial charge in [0, 0.05) is 10.9 Å². The van der Waals surface area contributed by atoms with Gasteiger partial charge in [-0.15, -0.1) is 0 Å². The molecule has 2 rings (SSSR count). The van der Waals surface area contributed by atoms with E-state index in [1.165, 1.54) is 19.2 Å². The standard InChI is InChI=1S/C20H19ClFNO2/c1-11-5-8-17(22)18(12(11)2)13(3)19(20(24)25-4)16-7-6-15(21)9-14(16)10-23/h5-9,13,19H,1-4H3/t13-,19-/m0/s1. The lowest BCUT2D eigenvalue weighted by molar-refractivity contribution is -0.143. The second-order valence-electron chi connectivity index (χ2n) is 6.04. The highest BCUT2D eigenvalue weighted by Crippen LogP contribution is 2.39. The zero-order valence-corrected chi connectivity index (χ0v) is 15.3. The molecule has 0 spiro atoms. The largest absolute Gasteiger partial charge is 0.469 e. The number of nitriles is 1. The van der Waals surface area contributed by atoms with Gasteiger partial charge in [0.2, 0.25) is 0 Å². The summed E-state index contributed by atoms with van der Waals surface area (Å²) in [5, 5.41) is 9.81. The van der Waals surface area contributed by atoms with Crippen molar-refractivity contribution in [3.05, 3.63) is 69.0 Å². The predicted octanol–water partition coefficient (Wildman–Crippen LogP) is 5.03. The number of carbonyl (C=O) groups is 1. The predicted molar refractivity (Wildman–Crippen MR) is 95.2 cm³/mol. The summed E-state index contributed by atoms with van der Waals surface area (Å²) in [4.78, 5) is 12.5. The van der Waals surface area contributed by atoms with E-state index in [0.29, 0.717) is 16.1 Å². The summed E-state index contributed by atoms with van der Waals surface area (Å²) in [5.74, 6) is -2.23. The Balaban J connectivity index is 2.67. The molecule has 0 saturated carbocycles. The number of ether oxygens (including phenoxy) is 1. The molecule has 130 valence electrons. The van der Waals surface area contributed by atoms with Gasteiger partial charge < -0.3 is 4.74 Å². The maximum absolute atomic E-state index is 14.5. The third kappa shape index (κ3) is 3.67. The monoisotopic (exact) mass is 359 g/mol. The van der Waals surface area contributed by atoms with Gasteiger partial charge in [0.1, 0.15) is 5.82 Å². The van der Waals surface area contributed by atoms with Crippen LogP contribution in [0.25, 0.3) is 0 Å². The van der Waals surface area contributed by atoms with Gasteiger partial charge >= 0.3 is 5.97 Å². The van der Waals surface area contributed by atoms with E-state index in [9.17, 15) is 14.4 Å². The smallest absolute Gasteiger partial charge is 0.313 e. The Morgan fingerprint density at radius 1 is 1.28 bits per heavy atom. The third-order valence-corrected chi connectivity index (χ3v) is 4.85. The van der Waals surface area contributed by atoms with Gasteiger partial charge in [-0.05, 0) is 54.3 Å². The molecule has 0 bridgehead atoms. The second kappa shape index (κ2) is 7.67. The normalized spacial score (nSPS) is 13.0. The van der Waals surface area contributed by atoms with Crippen LogP contribution in [0.5, 0.6) is 0 Å². The minimum absolute atomic E-state index is 0.278. The molecule has 0 aliphatic carbocycles. The van der Waals surface area contributed by atoms with Crippen LogP contribution in [0.4, 0.5) is 4.39 Å². The van der Waals surface area contributed by atoms with Crippen LogP contribution in [-0.4, -0.2) is 13.1 Å². The highest BCUT2D eigenvalue weighted by molar-refractivity contribution is 6.30. The number of halogens is 2. The number of benzene rings is 2. The molecule has 2 aromatic carbocycles. The highest BCUT2D eigenvalue weighted by atomic mass is 35.5. The first-order valence-corrected chi connectivity index (χ1v) is 8.22. The Labute approximate surface area is 152 Å². The van der Waals surface area contributed by atoms with Crippen molar-refractivity contribution in [1.82, 2.24) is 0 Å². The number of carbonyl (C=O) groups excluding carboxylic acids is 1. The lowest BCUT2D eigenvalue weighted by atomic mass is 9.78. The molecule has 0 amide bonds. The summed E-state index contributed by atoms with van der Waals surface area (Å²) in [6.45, 7) is 5.48. The van der Waals surface area contributed by atoms with Crippen LogP contribution in [0.2, 0.25) is 5.02 Å². The molecular formula is C20H19ClFNO2. The van der Waals surface area contributed by atoms with Crippen LogP contribution in [-0.2, 0) is 9.53 Å². The summed E-state index contributed by atoms with van der Waals surface area (Å²) in [7, 11) is 1.28. The van der Waals surface area contributed by atoms with Gasteiger partial charge in [-0.3, -0.25) is 4.79 Å². The highest BCUT2D eigenvalue weighted by Gasteiger charge is 2.33. The van der Waals surface area contributed by atoms with E-state index in [1.807, 2.05) is 13.8 Å². The Bertz CT molecular complexity index is 858. The van der Waals surface area contributed by atoms with Crippen molar-refractivity contribution >= 4 is 17.6 Å². The Morgan fingerprint density at radius 2 is 1.96 bits per heavy atom. The summed E-state index contributed by atoms with van der Waals surface area (Å²) < 4.78 is 19.5. The topological polar surface area (TPSA) is 50.1 Å². The van der Waals surface area contributed by atoms with Crippen molar-refractivity contribution in [2.75, 3.05) is 7.11 Å². The number of rotatable bonds is 4. The van der Waals surface area contributed by atoms with Crippen LogP contribution in [0.3, 0.4) is 0 Å². The lowest BCUT2D eigenvalue weighted by Crippen LogP contribution is -2.22. The lowest BCUT2D eigenvalue weighted by Gasteiger charge is -2.26. The Morgan fingerprint density at radius 3 is 2.56 bits per heavy atom. The summed E-state index contributed by atoms with van der Waals surface area (Å²) in [5.41, 5.74) is 2.93. The van der Waals surface area contributed by atoms with Gasteiger partial charge in [0.15, 0.2) is 0 Å². The Kier molecular flexibility index (Phi) is 5.81. The molecular weight excluding hydrogens is 341 g/mol. The van der Waals surface area contributed by atoms with E-state index in [1.54, 1.807) is 25.1 Å². The molecule has 3 nitrogen and oxygen atoms in total. The van der Waals surface area contributed by atoms with E-state index in [2.05, 4.69) is 6.07 Å². The Hall–Kier alpha value is -2.38. The molecule has 0 unspecified atom stereocenters. The first kappa shape index (κ1) is 19.0. The number of esters is 1. The number of hydrogen-bond donors (Lipinski definition) is 0. The number of nitrogens with zero attached hydrogens (tertiary/aromatic N) is 1. The van der Waals surface area contributed by atoms with Crippen molar-refractivity contribution in [3.63, 3.8) is 0 Å². The van der Waals surface area contributed by atoms with Gasteiger partial charge in [0.25, 0.3) is 0 Å². The van der Waals surface area contributed by atoms with E-state index in [0.717, 1.165) is 11.1 Å². The van der Waals surface area contributed by atoms with E-state index in [-0.39, 0.29) is 11.4 Å². The maximum Gasteiger partial charge on any atom is 0.313 e. The minimum Gasteiger partial charge on any atom is -0.469 e. The van der Waals surface area contributed by atoms with Crippen molar-refractivity contribution in [2.45, 2.75) is 32.6 Å². The first-order chi connectivity index (χ1) is 11.8. The van der Waals surface area contributed by atoms with Crippen LogP contribution in [0, 0.1) is 31.0 Å². The number of aryl methyl sites for hydroxylation is 1. The van der Waals surface area contributed by atoms with E-state index >= 15 is 0 Å². The molecule has 2 atom stereocenters. The van der Waals surface area contributed by atoms with Crippen molar-refractivity contribution in [1.29, 1.82) is 5.26 Å². The van der Waals surface area contributed by atoms with E-state index < -0.39 is 17.8 Å². The van der Waals surface area contributed by atoms with Gasteiger partial charge in [-0.1, -0.05) is 30.7 Å². The third-order valence-electron chi connectivity index (χ3n) is 4.61. The van der Waals surface area contributed by atoms with Crippen LogP contribution < -0.4 is 0 Å². The molecule has 0 saturated heterocycles. The van der Waals surface area contributed by atoms with E-state index in [4.69, 9.17) is 16.3 Å². The van der Waals surface area contributed by atoms with Crippen molar-refractivity contribution < 1.29 is 13.9 Å². The minimum atomic E-state index is -0.813. The molecule has 0 radical (unpaired) electrons. The van der Waals surface area contributed by atoms with Crippen LogP contribution in [0.15, 0.2) is 30.3 Å². The van der Waals surface area contributed by atoms with Gasteiger partial charge in [-0.2, -0.15) is 5.26 Å². The second-order valence-corrected chi connectivity index (χ2v) is 6.47. The molecule has 0 fully saturated rings. The molecule has 25 heavy (non-hydrogen) atoms. The summed E-state index contributed by atoms with van der Waals surface area (Å²) in [6, 6.07) is 9.90. The summed E-state index contributed by atoms with van der Waals surface area (Å²) >= 11 is 5.95. The van der Waals surface area contributed by atoms with Crippen LogP contribution >= 0.6 is 11.6 Å². The summed E-state index contributed by atoms with van der Waals surface area (Å²) in [6.07, 6.45) is 0. The van der Waals surface area contributed by atoms with Gasteiger partial charge in [-0.25, -0.2) is 4.39 Å². The average molecular weight is 360 g/mol. The fourth-order valence-electron chi connectivity index (χ4n) is 3.15. The SMILES string of the molecule is COC(=O)[C@H](c1ccc(Cl)cc1C#N)[C@@H](C)c1c(F)ccc(C)c1C. The zero-order valence-electron chi connectivity index (χ0n) is 14.6. The number of methoxy groups -OCH3 is 1. The van der Waals surface area contributed by atoms with Crippen molar-refractivity contribution in [3.8, 4) is 6.07 Å². The molecule has 0 aromatic heterocycles. The first-order valence-electron chi connectivity index (χ1n) is 7.84. The van der Waals surface area contributed by atoms with Gasteiger partial charge in [0.05, 0.1) is 24.7 Å². The van der Waals surface area contributed by atoms with Crippen molar-refractivity contribution in [2.24, 2.45) is 0 Å². The molecule has 0 N–H and O–H groups in total. The molecule has 0 aliphatic rings. The quantitative estimate of drug-likeness (QED) is 0.719. The fraction of sp³-hybridized carbons (Fsp3) is 0.300. The zero-order chi connectivity index (χ0) is 18.7. The molecule has 2 aromatic rings. The molecule has 0 aliphatic heterocycles. The number of hydrogen-bond acceptors (Lipinski definition) is 3. The fourth-order valence-corrected chi connectivity index (χ4v) is 3.33.